The zero-order valence-corrected chi connectivity index (χ0v) is 34.2. The van der Waals surface area contributed by atoms with Crippen LogP contribution in [0.2, 0.25) is 0 Å². The van der Waals surface area contributed by atoms with Gasteiger partial charge in [0.2, 0.25) is 0 Å². The van der Waals surface area contributed by atoms with Crippen molar-refractivity contribution in [1.82, 2.24) is 4.98 Å². The van der Waals surface area contributed by atoms with Crippen LogP contribution < -0.4 is 0 Å². The first-order valence-electron chi connectivity index (χ1n) is 18.0. The Hall–Kier alpha value is -3.99. The molecule has 3 aromatic carbocycles. The summed E-state index contributed by atoms with van der Waals surface area (Å²) in [5.41, 5.74) is 6.23. The molecule has 0 aliphatic heterocycles. The number of fused-ring (bicyclic) bond motifs is 3. The van der Waals surface area contributed by atoms with E-state index in [0.717, 1.165) is 81.2 Å². The van der Waals surface area contributed by atoms with E-state index in [0.29, 0.717) is 0 Å². The third-order valence-electron chi connectivity index (χ3n) is 10.9. The minimum Gasteiger partial charge on any atom is -0.512 e. The molecule has 0 saturated heterocycles. The van der Waals surface area contributed by atoms with Gasteiger partial charge in [-0.05, 0) is 61.8 Å². The number of aryl methyl sites for hydroxylation is 1. The minimum atomic E-state index is -0.337. The van der Waals surface area contributed by atoms with Gasteiger partial charge in [0.15, 0.2) is 5.78 Å². The van der Waals surface area contributed by atoms with E-state index in [9.17, 15) is 9.90 Å². The Bertz CT molecular complexity index is 2170. The average molecular weight is 863 g/mol. The van der Waals surface area contributed by atoms with Gasteiger partial charge in [0, 0.05) is 59.7 Å². The normalized spacial score (nSPS) is 12.5. The number of aliphatic hydroxyl groups is 1. The van der Waals surface area contributed by atoms with Gasteiger partial charge in [-0.2, -0.15) is 0 Å². The van der Waals surface area contributed by atoms with Crippen molar-refractivity contribution in [3.8, 4) is 22.6 Å². The number of aliphatic hydroxyl groups excluding tert-OH is 1. The van der Waals surface area contributed by atoms with Gasteiger partial charge in [-0.25, -0.2) is 0 Å². The van der Waals surface area contributed by atoms with E-state index in [2.05, 4.69) is 76.2 Å². The summed E-state index contributed by atoms with van der Waals surface area (Å²) in [6.45, 7) is 20.9. The Balaban J connectivity index is 0.000000279. The van der Waals surface area contributed by atoms with Crippen molar-refractivity contribution in [3.05, 3.63) is 102 Å². The van der Waals surface area contributed by atoms with Gasteiger partial charge in [-0.1, -0.05) is 104 Å². The smallest absolute Gasteiger partial charge is 0.164 e. The summed E-state index contributed by atoms with van der Waals surface area (Å²) in [6, 6.07) is 24.4. The Labute approximate surface area is 316 Å². The number of para-hydroxylation sites is 1. The second-order valence-corrected chi connectivity index (χ2v) is 15.1. The number of aromatic nitrogens is 1. The SMILES string of the molecule is CCC(C)(CC)C(=O)/C=C(\O)C(C)(CC)CC.Cc1coc2c(-c3cc4c(-c5[c-]c6ccccc6c(C(C)(C)C)c5)nccc4o3)cccc12.[Ir]. The summed E-state index contributed by atoms with van der Waals surface area (Å²) in [6.07, 6.45) is 8.36. The maximum atomic E-state index is 12.2. The monoisotopic (exact) mass is 863 g/mol. The molecule has 6 heteroatoms. The average Bonchev–Trinajstić information content (AvgIpc) is 3.73. The molecule has 3 aromatic heterocycles. The number of ketones is 1. The maximum absolute atomic E-state index is 12.2. The Kier molecular flexibility index (Phi) is 12.3. The molecule has 51 heavy (non-hydrogen) atoms. The van der Waals surface area contributed by atoms with Crippen LogP contribution in [-0.2, 0) is 30.3 Å². The van der Waals surface area contributed by atoms with Crippen LogP contribution in [0.4, 0.5) is 0 Å². The molecule has 0 bridgehead atoms. The van der Waals surface area contributed by atoms with E-state index >= 15 is 0 Å². The van der Waals surface area contributed by atoms with Crippen LogP contribution in [0, 0.1) is 23.8 Å². The number of carbonyl (C=O) groups is 1. The summed E-state index contributed by atoms with van der Waals surface area (Å²) in [4.78, 5) is 16.9. The molecule has 1 N–H and O–H groups in total. The zero-order chi connectivity index (χ0) is 36.4. The Morgan fingerprint density at radius 3 is 2.14 bits per heavy atom. The molecule has 0 atom stereocenters. The van der Waals surface area contributed by atoms with E-state index in [4.69, 9.17) is 13.8 Å². The van der Waals surface area contributed by atoms with E-state index < -0.39 is 0 Å². The topological polar surface area (TPSA) is 76.5 Å². The molecule has 6 rings (SSSR count). The van der Waals surface area contributed by atoms with Gasteiger partial charge in [-0.3, -0.25) is 9.78 Å². The fourth-order valence-electron chi connectivity index (χ4n) is 6.35. The van der Waals surface area contributed by atoms with Crippen molar-refractivity contribution >= 4 is 38.5 Å². The molecule has 271 valence electrons. The van der Waals surface area contributed by atoms with Crippen LogP contribution in [0.15, 0.2) is 93.8 Å². The second-order valence-electron chi connectivity index (χ2n) is 15.1. The summed E-state index contributed by atoms with van der Waals surface area (Å²) in [5, 5.41) is 14.5. The third-order valence-corrected chi connectivity index (χ3v) is 10.9. The summed E-state index contributed by atoms with van der Waals surface area (Å²) >= 11 is 0. The molecule has 0 amide bonds. The molecule has 1 radical (unpaired) electrons. The van der Waals surface area contributed by atoms with Crippen molar-refractivity contribution in [2.24, 2.45) is 10.8 Å². The van der Waals surface area contributed by atoms with Gasteiger partial charge in [-0.15, -0.1) is 29.1 Å². The van der Waals surface area contributed by atoms with Crippen molar-refractivity contribution < 1.29 is 38.8 Å². The van der Waals surface area contributed by atoms with E-state index in [-0.39, 0.29) is 47.9 Å². The molecule has 0 saturated carbocycles. The van der Waals surface area contributed by atoms with Crippen LogP contribution in [0.3, 0.4) is 0 Å². The number of carbonyl (C=O) groups excluding carboxylic acids is 1. The number of benzene rings is 3. The number of furan rings is 2. The molecule has 0 aliphatic rings. The second kappa shape index (κ2) is 15.7. The quantitative estimate of drug-likeness (QED) is 0.0890. The summed E-state index contributed by atoms with van der Waals surface area (Å²) in [7, 11) is 0. The number of allylic oxidation sites excluding steroid dienone is 2. The standard InChI is InChI=1S/C30H24NO2.C15H28O2.Ir/c1-18-17-32-29-21(18)10-7-11-23(29)27-16-24-26(33-27)12-13-31-28(24)20-14-19-8-5-6-9-22(19)25(15-20)30(2,3)4;1-7-14(5,8-2)12(16)11-13(17)15(6,9-3)10-4;/h5-13,15-17H,1-4H3;11,16H,7-10H2,1-6H3;/q-1;;/b;12-11-;. The fraction of sp³-hybridized carbons (Fsp3) is 0.378. The van der Waals surface area contributed by atoms with Crippen LogP contribution in [0.25, 0.3) is 55.3 Å². The van der Waals surface area contributed by atoms with Crippen LogP contribution in [0.1, 0.15) is 99.1 Å². The number of nitrogens with zero attached hydrogens (tertiary/aromatic N) is 1. The van der Waals surface area contributed by atoms with E-state index in [1.807, 2.05) is 65.9 Å². The van der Waals surface area contributed by atoms with E-state index in [1.54, 1.807) is 6.26 Å². The predicted octanol–water partition coefficient (Wildman–Crippen LogP) is 13.1. The zero-order valence-electron chi connectivity index (χ0n) is 31.8. The van der Waals surface area contributed by atoms with Gasteiger partial charge in [0.05, 0.1) is 11.8 Å². The van der Waals surface area contributed by atoms with Gasteiger partial charge < -0.3 is 13.9 Å². The maximum Gasteiger partial charge on any atom is 0.164 e. The molecular formula is C45H52IrNO4-. The largest absolute Gasteiger partial charge is 0.512 e. The van der Waals surface area contributed by atoms with Gasteiger partial charge in [0.25, 0.3) is 0 Å². The van der Waals surface area contributed by atoms with Crippen LogP contribution in [0.5, 0.6) is 0 Å². The predicted molar refractivity (Wildman–Crippen MR) is 208 cm³/mol. The van der Waals surface area contributed by atoms with Gasteiger partial charge in [0.1, 0.15) is 22.7 Å². The molecule has 0 unspecified atom stereocenters. The molecule has 0 fully saturated rings. The number of rotatable bonds is 9. The van der Waals surface area contributed by atoms with Crippen LogP contribution in [-0.4, -0.2) is 15.9 Å². The van der Waals surface area contributed by atoms with Crippen LogP contribution >= 0.6 is 0 Å². The van der Waals surface area contributed by atoms with Gasteiger partial charge >= 0.3 is 0 Å². The molecule has 5 nitrogen and oxygen atoms in total. The first-order chi connectivity index (χ1) is 23.7. The van der Waals surface area contributed by atoms with Crippen molar-refractivity contribution in [3.63, 3.8) is 0 Å². The first-order valence-corrected chi connectivity index (χ1v) is 18.0. The number of hydrogen-bond acceptors (Lipinski definition) is 5. The molecule has 3 heterocycles. The summed E-state index contributed by atoms with van der Waals surface area (Å²) < 4.78 is 12.2. The fourth-order valence-corrected chi connectivity index (χ4v) is 6.35. The minimum absolute atomic E-state index is 0. The summed E-state index contributed by atoms with van der Waals surface area (Å²) in [5.74, 6) is 1.06. The molecular weight excluding hydrogens is 811 g/mol. The third kappa shape index (κ3) is 7.93. The number of pyridine rings is 1. The van der Waals surface area contributed by atoms with E-state index in [1.165, 1.54) is 17.0 Å². The molecule has 0 aliphatic carbocycles. The number of hydrogen-bond donors (Lipinski definition) is 1. The Morgan fingerprint density at radius 1 is 0.843 bits per heavy atom. The van der Waals surface area contributed by atoms with Crippen molar-refractivity contribution in [2.75, 3.05) is 0 Å². The van der Waals surface area contributed by atoms with Crippen molar-refractivity contribution in [1.29, 1.82) is 0 Å². The Morgan fingerprint density at radius 2 is 1.49 bits per heavy atom. The molecule has 0 spiro atoms. The molecule has 6 aromatic rings. The van der Waals surface area contributed by atoms with Crippen molar-refractivity contribution in [2.45, 2.75) is 100 Å². The first kappa shape index (κ1) is 39.8.